The summed E-state index contributed by atoms with van der Waals surface area (Å²) in [4.78, 5) is 11.7. The fourth-order valence-electron chi connectivity index (χ4n) is 1.76. The number of hydrogen-bond donors (Lipinski definition) is 3. The van der Waals surface area contributed by atoms with Crippen LogP contribution in [0.3, 0.4) is 0 Å². The van der Waals surface area contributed by atoms with Crippen LogP contribution in [0.25, 0.3) is 0 Å². The Hall–Kier alpha value is -0.690. The molecule has 0 spiro atoms. The van der Waals surface area contributed by atoms with Gasteiger partial charge in [-0.1, -0.05) is 0 Å². The van der Waals surface area contributed by atoms with E-state index in [1.165, 1.54) is 0 Å². The molecule has 2 atom stereocenters. The van der Waals surface area contributed by atoms with Crippen molar-refractivity contribution in [3.05, 3.63) is 0 Å². The molecule has 0 radical (unpaired) electrons. The third-order valence-electron chi connectivity index (χ3n) is 2.57. The lowest BCUT2D eigenvalue weighted by Crippen LogP contribution is -2.44. The minimum absolute atomic E-state index is 0.119. The van der Waals surface area contributed by atoms with Gasteiger partial charge in [0.25, 0.3) is 0 Å². The number of aliphatic hydroxyl groups excluding tert-OH is 1. The van der Waals surface area contributed by atoms with E-state index in [4.69, 9.17) is 9.47 Å². The second-order valence-corrected chi connectivity index (χ2v) is 3.94. The van der Waals surface area contributed by atoms with Crippen LogP contribution in [-0.2, 0) is 14.3 Å². The Morgan fingerprint density at radius 3 is 2.59 bits per heavy atom. The lowest BCUT2D eigenvalue weighted by molar-refractivity contribution is -0.141. The Morgan fingerprint density at radius 2 is 2.12 bits per heavy atom. The fourth-order valence-corrected chi connectivity index (χ4v) is 1.76. The van der Waals surface area contributed by atoms with Gasteiger partial charge in [0.1, 0.15) is 0 Å². The van der Waals surface area contributed by atoms with E-state index in [0.29, 0.717) is 32.7 Å². The zero-order valence-electron chi connectivity index (χ0n) is 10.4. The van der Waals surface area contributed by atoms with Crippen LogP contribution >= 0.6 is 0 Å². The number of β-amino-alcohol motifs (C(OH)–C–C–N with tert-alkyl or cyclic N) is 1. The molecule has 1 rings (SSSR count). The fraction of sp³-hybridized carbons (Fsp3) is 0.909. The lowest BCUT2D eigenvalue weighted by Gasteiger charge is -2.18. The van der Waals surface area contributed by atoms with Gasteiger partial charge in [-0.3, -0.25) is 4.79 Å². The molecule has 3 N–H and O–H groups in total. The van der Waals surface area contributed by atoms with Gasteiger partial charge in [-0.2, -0.15) is 0 Å². The van der Waals surface area contributed by atoms with E-state index in [9.17, 15) is 9.90 Å². The highest BCUT2D eigenvalue weighted by atomic mass is 16.7. The van der Waals surface area contributed by atoms with Crippen molar-refractivity contribution in [2.24, 2.45) is 0 Å². The smallest absolute Gasteiger partial charge is 0.237 e. The van der Waals surface area contributed by atoms with Gasteiger partial charge in [-0.15, -0.1) is 0 Å². The molecule has 2 unspecified atom stereocenters. The van der Waals surface area contributed by atoms with Gasteiger partial charge in [0.15, 0.2) is 6.29 Å². The molecule has 0 bridgehead atoms. The second-order valence-electron chi connectivity index (χ2n) is 3.94. The summed E-state index contributed by atoms with van der Waals surface area (Å²) >= 11 is 0. The molecule has 1 fully saturated rings. The minimum Gasteiger partial charge on any atom is -0.392 e. The Morgan fingerprint density at radius 1 is 1.47 bits per heavy atom. The highest BCUT2D eigenvalue weighted by Crippen LogP contribution is 2.06. The van der Waals surface area contributed by atoms with Crippen LogP contribution in [0.4, 0.5) is 0 Å². The quantitative estimate of drug-likeness (QED) is 0.514. The standard InChI is InChI=1S/C11H22N2O4/c1-3-16-10(17-4-2)7-13-11(15)9-5-8(14)6-12-9/h8-10,12,14H,3-7H2,1-2H3,(H,13,15). The Kier molecular flexibility index (Phi) is 6.43. The first-order valence-electron chi connectivity index (χ1n) is 6.09. The molecule has 1 saturated heterocycles. The van der Waals surface area contributed by atoms with E-state index in [2.05, 4.69) is 10.6 Å². The van der Waals surface area contributed by atoms with Gasteiger partial charge >= 0.3 is 0 Å². The van der Waals surface area contributed by atoms with E-state index < -0.39 is 12.4 Å². The Balaban J connectivity index is 2.25. The second kappa shape index (κ2) is 7.60. The monoisotopic (exact) mass is 246 g/mol. The summed E-state index contributed by atoms with van der Waals surface area (Å²) in [6.07, 6.45) is -0.375. The van der Waals surface area contributed by atoms with E-state index in [0.717, 1.165) is 0 Å². The maximum Gasteiger partial charge on any atom is 0.237 e. The molecule has 100 valence electrons. The molecule has 0 aromatic carbocycles. The van der Waals surface area contributed by atoms with Crippen molar-refractivity contribution in [1.29, 1.82) is 0 Å². The number of amides is 1. The van der Waals surface area contributed by atoms with Crippen LogP contribution in [0.15, 0.2) is 0 Å². The Labute approximate surface area is 102 Å². The molecule has 0 aromatic rings. The number of rotatable bonds is 7. The maximum absolute atomic E-state index is 11.7. The number of carbonyl (C=O) groups excluding carboxylic acids is 1. The minimum atomic E-state index is -0.430. The highest BCUT2D eigenvalue weighted by Gasteiger charge is 2.28. The summed E-state index contributed by atoms with van der Waals surface area (Å²) in [5, 5.41) is 15.0. The largest absolute Gasteiger partial charge is 0.392 e. The van der Waals surface area contributed by atoms with Crippen LogP contribution in [-0.4, -0.2) is 55.8 Å². The summed E-state index contributed by atoms with van der Waals surface area (Å²) in [5.41, 5.74) is 0. The van der Waals surface area contributed by atoms with Crippen LogP contribution in [0, 0.1) is 0 Å². The van der Waals surface area contributed by atoms with Crippen molar-refractivity contribution in [1.82, 2.24) is 10.6 Å². The molecule has 1 aliphatic heterocycles. The Bertz CT molecular complexity index is 232. The molecule has 1 amide bonds. The lowest BCUT2D eigenvalue weighted by atomic mass is 10.2. The van der Waals surface area contributed by atoms with Crippen molar-refractivity contribution in [3.8, 4) is 0 Å². The van der Waals surface area contributed by atoms with E-state index >= 15 is 0 Å². The van der Waals surface area contributed by atoms with Gasteiger partial charge in [-0.25, -0.2) is 0 Å². The normalized spacial score (nSPS) is 24.2. The van der Waals surface area contributed by atoms with Crippen LogP contribution in [0.2, 0.25) is 0 Å². The first-order chi connectivity index (χ1) is 8.17. The molecule has 17 heavy (non-hydrogen) atoms. The first-order valence-corrected chi connectivity index (χ1v) is 6.09. The van der Waals surface area contributed by atoms with Gasteiger partial charge in [0.2, 0.25) is 5.91 Å². The molecular weight excluding hydrogens is 224 g/mol. The topological polar surface area (TPSA) is 79.8 Å². The summed E-state index contributed by atoms with van der Waals surface area (Å²) in [6, 6.07) is -0.311. The third-order valence-corrected chi connectivity index (χ3v) is 2.57. The molecule has 0 aliphatic carbocycles. The predicted molar refractivity (Wildman–Crippen MR) is 62.5 cm³/mol. The molecule has 1 heterocycles. The van der Waals surface area contributed by atoms with Crippen LogP contribution in [0.1, 0.15) is 20.3 Å². The van der Waals surface area contributed by atoms with Crippen molar-refractivity contribution in [2.75, 3.05) is 26.3 Å². The first kappa shape index (κ1) is 14.4. The van der Waals surface area contributed by atoms with Crippen molar-refractivity contribution in [2.45, 2.75) is 38.7 Å². The summed E-state index contributed by atoms with van der Waals surface area (Å²) in [7, 11) is 0. The third kappa shape index (κ3) is 4.99. The van der Waals surface area contributed by atoms with E-state index in [1.54, 1.807) is 0 Å². The zero-order valence-corrected chi connectivity index (χ0v) is 10.4. The molecular formula is C11H22N2O4. The van der Waals surface area contributed by atoms with Gasteiger partial charge < -0.3 is 25.2 Å². The molecule has 0 saturated carbocycles. The number of carbonyl (C=O) groups is 1. The molecule has 1 aliphatic rings. The molecule has 6 heteroatoms. The zero-order chi connectivity index (χ0) is 12.7. The van der Waals surface area contributed by atoms with E-state index in [-0.39, 0.29) is 11.9 Å². The van der Waals surface area contributed by atoms with Crippen LogP contribution in [0.5, 0.6) is 0 Å². The molecule has 6 nitrogen and oxygen atoms in total. The van der Waals surface area contributed by atoms with Gasteiger partial charge in [0.05, 0.1) is 18.7 Å². The average molecular weight is 246 g/mol. The van der Waals surface area contributed by atoms with Crippen molar-refractivity contribution in [3.63, 3.8) is 0 Å². The highest BCUT2D eigenvalue weighted by molar-refractivity contribution is 5.82. The number of aliphatic hydroxyl groups is 1. The summed E-state index contributed by atoms with van der Waals surface area (Å²) < 4.78 is 10.6. The van der Waals surface area contributed by atoms with E-state index in [1.807, 2.05) is 13.8 Å². The van der Waals surface area contributed by atoms with Crippen molar-refractivity contribution < 1.29 is 19.4 Å². The summed E-state index contributed by atoms with van der Waals surface area (Å²) in [5.74, 6) is -0.119. The van der Waals surface area contributed by atoms with Gasteiger partial charge in [0, 0.05) is 19.8 Å². The predicted octanol–water partition coefficient (Wildman–Crippen LogP) is -0.775. The van der Waals surface area contributed by atoms with Crippen molar-refractivity contribution >= 4 is 5.91 Å². The van der Waals surface area contributed by atoms with Crippen LogP contribution < -0.4 is 10.6 Å². The summed E-state index contributed by atoms with van der Waals surface area (Å²) in [6.45, 7) is 5.64. The number of ether oxygens (including phenoxy) is 2. The number of nitrogens with one attached hydrogen (secondary N) is 2. The molecule has 0 aromatic heterocycles. The maximum atomic E-state index is 11.7. The average Bonchev–Trinajstić information content (AvgIpc) is 2.73. The van der Waals surface area contributed by atoms with Gasteiger partial charge in [-0.05, 0) is 20.3 Å². The number of hydrogen-bond acceptors (Lipinski definition) is 5. The SMILES string of the molecule is CCOC(CNC(=O)C1CC(O)CN1)OCC.